The van der Waals surface area contributed by atoms with Gasteiger partial charge in [-0.2, -0.15) is 0 Å². The normalized spacial score (nSPS) is 15.7. The zero-order valence-corrected chi connectivity index (χ0v) is 25.8. The van der Waals surface area contributed by atoms with Gasteiger partial charge in [-0.05, 0) is 84.9 Å². The molecule has 0 aliphatic heterocycles. The first kappa shape index (κ1) is 29.1. The Bertz CT molecular complexity index is 549. The van der Waals surface area contributed by atoms with Crippen LogP contribution in [0.4, 0.5) is 0 Å². The molecule has 0 bridgehead atoms. The minimum atomic E-state index is -2.89. The summed E-state index contributed by atoms with van der Waals surface area (Å²) in [4.78, 5) is 11.6. The quantitative estimate of drug-likeness (QED) is 0.141. The fourth-order valence-corrected chi connectivity index (χ4v) is 24.0. The van der Waals surface area contributed by atoms with Gasteiger partial charge in [0.15, 0.2) is 25.0 Å². The van der Waals surface area contributed by atoms with Gasteiger partial charge in [-0.15, -0.1) is 0 Å². The first-order chi connectivity index (χ1) is 12.7. The van der Waals surface area contributed by atoms with E-state index in [9.17, 15) is 4.79 Å². The van der Waals surface area contributed by atoms with Crippen LogP contribution in [0.3, 0.4) is 0 Å². The molecule has 0 aliphatic rings. The standard InChI is InChI=1S/C18H44O6Si5/c1-17(2)18(19)20-15-14-16-28(12,21-25(3,4)5)24-29(13,22-26(6,7)8)23-27(9,10)11/h1,14-16H2,2-13H3. The predicted molar refractivity (Wildman–Crippen MR) is 133 cm³/mol. The van der Waals surface area contributed by atoms with Crippen molar-refractivity contribution >= 4 is 48.3 Å². The molecule has 0 saturated heterocycles. The van der Waals surface area contributed by atoms with Crippen LogP contribution in [0.1, 0.15) is 13.3 Å². The molecule has 0 aliphatic carbocycles. The zero-order valence-electron chi connectivity index (χ0n) is 20.8. The number of carbonyl (C=O) groups is 1. The van der Waals surface area contributed by atoms with Gasteiger partial charge in [0.05, 0.1) is 6.61 Å². The smallest absolute Gasteiger partial charge is 0.462 e. The minimum Gasteiger partial charge on any atom is -0.462 e. The van der Waals surface area contributed by atoms with E-state index in [1.807, 2.05) is 6.55 Å². The topological polar surface area (TPSA) is 63.2 Å². The second-order valence-electron chi connectivity index (χ2n) is 10.8. The molecule has 6 nitrogen and oxygen atoms in total. The van der Waals surface area contributed by atoms with Gasteiger partial charge in [0.25, 0.3) is 0 Å². The fourth-order valence-electron chi connectivity index (χ4n) is 3.02. The summed E-state index contributed by atoms with van der Waals surface area (Å²) in [6.45, 7) is 29.2. The maximum absolute atomic E-state index is 11.6. The SMILES string of the molecule is C=C(C)C(=O)OCCC[Si](C)(O[Si](C)(C)C)O[Si](C)(O[Si](C)(C)C)O[Si](C)(C)C. The van der Waals surface area contributed by atoms with Gasteiger partial charge in [0.1, 0.15) is 0 Å². The maximum atomic E-state index is 11.6. The fraction of sp³-hybridized carbons (Fsp3) is 0.833. The first-order valence-corrected chi connectivity index (χ1v) is 25.3. The molecule has 0 saturated carbocycles. The van der Waals surface area contributed by atoms with Crippen LogP contribution in [0.2, 0.25) is 78.1 Å². The Balaban J connectivity index is 5.50. The number of ether oxygens (including phenoxy) is 1. The van der Waals surface area contributed by atoms with Crippen LogP contribution in [0, 0.1) is 0 Å². The van der Waals surface area contributed by atoms with Crippen LogP contribution in [0.25, 0.3) is 0 Å². The van der Waals surface area contributed by atoms with Crippen LogP contribution in [0.5, 0.6) is 0 Å². The number of esters is 1. The predicted octanol–water partition coefficient (Wildman–Crippen LogP) is 5.71. The van der Waals surface area contributed by atoms with Crippen molar-refractivity contribution in [3.63, 3.8) is 0 Å². The van der Waals surface area contributed by atoms with E-state index in [1.165, 1.54) is 0 Å². The van der Waals surface area contributed by atoms with Crippen LogP contribution in [-0.4, -0.2) is 54.9 Å². The molecule has 172 valence electrons. The van der Waals surface area contributed by atoms with Crippen molar-refractivity contribution in [1.29, 1.82) is 0 Å². The number of rotatable bonds is 13. The van der Waals surface area contributed by atoms with Crippen molar-refractivity contribution in [3.05, 3.63) is 12.2 Å². The van der Waals surface area contributed by atoms with Gasteiger partial charge in [0, 0.05) is 12.1 Å². The van der Waals surface area contributed by atoms with E-state index < -0.39 is 42.3 Å². The van der Waals surface area contributed by atoms with Crippen molar-refractivity contribution in [1.82, 2.24) is 0 Å². The second-order valence-corrected chi connectivity index (χ2v) is 31.2. The molecule has 0 N–H and O–H groups in total. The Morgan fingerprint density at radius 3 is 1.48 bits per heavy atom. The highest BCUT2D eigenvalue weighted by molar-refractivity contribution is 6.91. The summed E-state index contributed by atoms with van der Waals surface area (Å²) >= 11 is 0. The first-order valence-electron chi connectivity index (χ1n) is 10.3. The van der Waals surface area contributed by atoms with E-state index in [0.29, 0.717) is 24.6 Å². The van der Waals surface area contributed by atoms with Crippen molar-refractivity contribution in [3.8, 4) is 0 Å². The number of hydrogen-bond acceptors (Lipinski definition) is 6. The lowest BCUT2D eigenvalue weighted by Crippen LogP contribution is -2.62. The van der Waals surface area contributed by atoms with E-state index in [-0.39, 0.29) is 5.97 Å². The van der Waals surface area contributed by atoms with Gasteiger partial charge in [-0.25, -0.2) is 4.79 Å². The van der Waals surface area contributed by atoms with Crippen molar-refractivity contribution in [2.75, 3.05) is 6.61 Å². The summed E-state index contributed by atoms with van der Waals surface area (Å²) in [6, 6.07) is 0.716. The average Bonchev–Trinajstić information content (AvgIpc) is 2.35. The van der Waals surface area contributed by atoms with Gasteiger partial charge in [-0.1, -0.05) is 6.58 Å². The van der Waals surface area contributed by atoms with Gasteiger partial charge >= 0.3 is 23.3 Å². The third-order valence-electron chi connectivity index (χ3n) is 3.26. The Morgan fingerprint density at radius 2 is 1.14 bits per heavy atom. The molecule has 0 aromatic rings. The largest absolute Gasteiger partial charge is 0.467 e. The third kappa shape index (κ3) is 14.7. The van der Waals surface area contributed by atoms with Gasteiger partial charge < -0.3 is 21.2 Å². The summed E-state index contributed by atoms with van der Waals surface area (Å²) in [5.41, 5.74) is 0.409. The Morgan fingerprint density at radius 1 is 0.724 bits per heavy atom. The molecule has 0 radical (unpaired) electrons. The molecule has 1 atom stereocenters. The molecule has 0 aromatic heterocycles. The number of carbonyl (C=O) groups excluding carboxylic acids is 1. The van der Waals surface area contributed by atoms with Gasteiger partial charge in [0.2, 0.25) is 0 Å². The highest BCUT2D eigenvalue weighted by Crippen LogP contribution is 2.30. The van der Waals surface area contributed by atoms with Crippen LogP contribution < -0.4 is 0 Å². The van der Waals surface area contributed by atoms with E-state index in [0.717, 1.165) is 0 Å². The van der Waals surface area contributed by atoms with E-state index >= 15 is 0 Å². The molecular formula is C18H44O6Si5. The minimum absolute atomic E-state index is 0.328. The third-order valence-corrected chi connectivity index (χ3v) is 19.8. The summed E-state index contributed by atoms with van der Waals surface area (Å²) in [5, 5.41) is 0. The Labute approximate surface area is 184 Å². The lowest BCUT2D eigenvalue weighted by atomic mass is 10.4. The molecule has 0 fully saturated rings. The monoisotopic (exact) mass is 496 g/mol. The van der Waals surface area contributed by atoms with Crippen molar-refractivity contribution in [2.24, 2.45) is 0 Å². The second kappa shape index (κ2) is 10.6. The van der Waals surface area contributed by atoms with Crippen LogP contribution in [-0.2, 0) is 26.0 Å². The molecule has 0 aromatic carbocycles. The molecule has 11 heteroatoms. The van der Waals surface area contributed by atoms with E-state index in [1.54, 1.807) is 6.92 Å². The van der Waals surface area contributed by atoms with Crippen LogP contribution >= 0.6 is 0 Å². The Hall–Kier alpha value is 0.134. The van der Waals surface area contributed by atoms with E-state index in [4.69, 9.17) is 21.2 Å². The number of hydrogen-bond donors (Lipinski definition) is 0. The molecule has 29 heavy (non-hydrogen) atoms. The molecule has 0 heterocycles. The summed E-state index contributed by atoms with van der Waals surface area (Å²) in [5.74, 6) is -0.358. The van der Waals surface area contributed by atoms with Crippen LogP contribution in [0.15, 0.2) is 12.2 Å². The lowest BCUT2D eigenvalue weighted by Gasteiger charge is -2.44. The Kier molecular flexibility index (Phi) is 10.7. The molecule has 0 spiro atoms. The molecule has 0 rings (SSSR count). The zero-order chi connectivity index (χ0) is 23.3. The average molecular weight is 497 g/mol. The summed E-state index contributed by atoms with van der Waals surface area (Å²) in [7, 11) is -11.1. The molecule has 0 amide bonds. The van der Waals surface area contributed by atoms with Crippen molar-refractivity contribution < 1.29 is 26.0 Å². The van der Waals surface area contributed by atoms with Gasteiger partial charge in [-0.3, -0.25) is 0 Å². The molecule has 1 unspecified atom stereocenters. The highest BCUT2D eigenvalue weighted by atomic mass is 28.5. The summed E-state index contributed by atoms with van der Waals surface area (Å²) < 4.78 is 31.7. The maximum Gasteiger partial charge on any atom is 0.467 e. The van der Waals surface area contributed by atoms with Crippen molar-refractivity contribution in [2.45, 2.75) is 91.4 Å². The summed E-state index contributed by atoms with van der Waals surface area (Å²) in [6.07, 6.45) is 0.677. The lowest BCUT2D eigenvalue weighted by molar-refractivity contribution is -0.138. The van der Waals surface area contributed by atoms with E-state index in [2.05, 4.69) is 72.0 Å². The molecular weight excluding hydrogens is 453 g/mol. The highest BCUT2D eigenvalue weighted by Gasteiger charge is 2.50.